The van der Waals surface area contributed by atoms with Gasteiger partial charge in [-0.15, -0.1) is 0 Å². The highest BCUT2D eigenvalue weighted by Gasteiger charge is 2.26. The lowest BCUT2D eigenvalue weighted by Gasteiger charge is -2.23. The SMILES string of the molecule is CCCCCCCC/C=C/CC/C=C/C(O)C(COP(=O)(O)OCCN)NC(=O)CCCCCCCCC/C=C\CCCCCCCCC. The summed E-state index contributed by atoms with van der Waals surface area (Å²) in [6, 6.07) is -0.876. The van der Waals surface area contributed by atoms with E-state index < -0.39 is 20.0 Å². The lowest BCUT2D eigenvalue weighted by Crippen LogP contribution is -2.45. The van der Waals surface area contributed by atoms with E-state index in [1.807, 2.05) is 6.08 Å². The minimum atomic E-state index is -4.34. The number of phosphoric acid groups is 1. The lowest BCUT2D eigenvalue weighted by atomic mass is 10.1. The van der Waals surface area contributed by atoms with Gasteiger partial charge in [0.25, 0.3) is 0 Å². The monoisotopic (exact) mass is 713 g/mol. The number of unbranched alkanes of at least 4 members (excludes halogenated alkanes) is 21. The van der Waals surface area contributed by atoms with E-state index in [4.69, 9.17) is 14.8 Å². The molecule has 288 valence electrons. The number of carbonyl (C=O) groups is 1. The van der Waals surface area contributed by atoms with Crippen LogP contribution in [0.3, 0.4) is 0 Å². The number of phosphoric ester groups is 1. The number of carbonyl (C=O) groups excluding carboxylic acids is 1. The quantitative estimate of drug-likeness (QED) is 0.0286. The Morgan fingerprint density at radius 1 is 0.653 bits per heavy atom. The highest BCUT2D eigenvalue weighted by Crippen LogP contribution is 2.43. The second kappa shape index (κ2) is 36.5. The normalized spacial score (nSPS) is 14.6. The predicted octanol–water partition coefficient (Wildman–Crippen LogP) is 10.8. The molecule has 0 aromatic heterocycles. The van der Waals surface area contributed by atoms with Crippen molar-refractivity contribution < 1.29 is 28.4 Å². The number of amides is 1. The van der Waals surface area contributed by atoms with E-state index in [0.717, 1.165) is 38.5 Å². The molecule has 0 aliphatic heterocycles. The Bertz CT molecular complexity index is 866. The summed E-state index contributed by atoms with van der Waals surface area (Å²) in [6.45, 7) is 4.08. The minimum Gasteiger partial charge on any atom is -0.387 e. The molecular weight excluding hydrogens is 635 g/mol. The molecule has 0 bridgehead atoms. The number of hydrogen-bond acceptors (Lipinski definition) is 6. The summed E-state index contributed by atoms with van der Waals surface area (Å²) in [5.74, 6) is -0.211. The second-order valence-electron chi connectivity index (χ2n) is 13.5. The molecule has 0 heterocycles. The zero-order valence-corrected chi connectivity index (χ0v) is 32.6. The van der Waals surface area contributed by atoms with Gasteiger partial charge in [0.15, 0.2) is 0 Å². The van der Waals surface area contributed by atoms with E-state index in [-0.39, 0.29) is 25.7 Å². The van der Waals surface area contributed by atoms with E-state index in [1.54, 1.807) is 6.08 Å². The van der Waals surface area contributed by atoms with Crippen LogP contribution in [0.1, 0.15) is 181 Å². The first-order valence-electron chi connectivity index (χ1n) is 20.1. The summed E-state index contributed by atoms with van der Waals surface area (Å²) in [4.78, 5) is 22.6. The molecule has 8 nitrogen and oxygen atoms in total. The fourth-order valence-corrected chi connectivity index (χ4v) is 6.37. The Labute approximate surface area is 301 Å². The van der Waals surface area contributed by atoms with Gasteiger partial charge in [0, 0.05) is 13.0 Å². The smallest absolute Gasteiger partial charge is 0.387 e. The zero-order valence-electron chi connectivity index (χ0n) is 31.7. The van der Waals surface area contributed by atoms with Crippen LogP contribution < -0.4 is 11.1 Å². The van der Waals surface area contributed by atoms with Gasteiger partial charge in [-0.25, -0.2) is 4.57 Å². The van der Waals surface area contributed by atoms with Gasteiger partial charge in [0.1, 0.15) is 0 Å². The van der Waals surface area contributed by atoms with Gasteiger partial charge < -0.3 is 21.1 Å². The van der Waals surface area contributed by atoms with E-state index in [2.05, 4.69) is 43.5 Å². The molecule has 0 aromatic carbocycles. The van der Waals surface area contributed by atoms with Crippen molar-refractivity contribution in [3.63, 3.8) is 0 Å². The van der Waals surface area contributed by atoms with E-state index in [1.165, 1.54) is 122 Å². The summed E-state index contributed by atoms with van der Waals surface area (Å²) < 4.78 is 22.0. The topological polar surface area (TPSA) is 131 Å². The first-order valence-corrected chi connectivity index (χ1v) is 21.6. The average Bonchev–Trinajstić information content (AvgIpc) is 3.09. The molecule has 9 heteroatoms. The molecule has 3 unspecified atom stereocenters. The van der Waals surface area contributed by atoms with Crippen molar-refractivity contribution in [1.82, 2.24) is 5.32 Å². The molecule has 0 saturated carbocycles. The molecule has 0 aliphatic carbocycles. The number of aliphatic hydroxyl groups excluding tert-OH is 1. The molecule has 0 fully saturated rings. The predicted molar refractivity (Wildman–Crippen MR) is 208 cm³/mol. The Hall–Kier alpha value is -1.28. The first-order chi connectivity index (χ1) is 23.9. The zero-order chi connectivity index (χ0) is 36.1. The number of allylic oxidation sites excluding steroid dienone is 5. The van der Waals surface area contributed by atoms with Crippen molar-refractivity contribution >= 4 is 13.7 Å². The number of hydrogen-bond donors (Lipinski definition) is 4. The van der Waals surface area contributed by atoms with Crippen molar-refractivity contribution in [2.45, 2.75) is 193 Å². The van der Waals surface area contributed by atoms with E-state index >= 15 is 0 Å². The molecule has 0 rings (SSSR count). The lowest BCUT2D eigenvalue weighted by molar-refractivity contribution is -0.123. The van der Waals surface area contributed by atoms with Crippen LogP contribution in [0.15, 0.2) is 36.5 Å². The second-order valence-corrected chi connectivity index (χ2v) is 14.9. The summed E-state index contributed by atoms with van der Waals surface area (Å²) in [6.07, 6.45) is 41.9. The van der Waals surface area contributed by atoms with Crippen LogP contribution in [-0.4, -0.2) is 47.8 Å². The molecule has 0 aliphatic rings. The third-order valence-electron chi connectivity index (χ3n) is 8.69. The van der Waals surface area contributed by atoms with Crippen molar-refractivity contribution in [3.05, 3.63) is 36.5 Å². The fraction of sp³-hybridized carbons (Fsp3) is 0.825. The molecule has 49 heavy (non-hydrogen) atoms. The summed E-state index contributed by atoms with van der Waals surface area (Å²) in [5, 5.41) is 13.6. The van der Waals surface area contributed by atoms with Crippen molar-refractivity contribution in [2.24, 2.45) is 5.73 Å². The van der Waals surface area contributed by atoms with Crippen molar-refractivity contribution in [1.29, 1.82) is 0 Å². The molecule has 5 N–H and O–H groups in total. The van der Waals surface area contributed by atoms with Gasteiger partial charge in [0.2, 0.25) is 5.91 Å². The van der Waals surface area contributed by atoms with E-state index in [0.29, 0.717) is 6.42 Å². The van der Waals surface area contributed by atoms with Crippen LogP contribution in [0.25, 0.3) is 0 Å². The third-order valence-corrected chi connectivity index (χ3v) is 9.67. The largest absolute Gasteiger partial charge is 0.472 e. The molecule has 3 atom stereocenters. The van der Waals surface area contributed by atoms with Crippen molar-refractivity contribution in [2.75, 3.05) is 19.8 Å². The van der Waals surface area contributed by atoms with Crippen molar-refractivity contribution in [3.8, 4) is 0 Å². The average molecular weight is 713 g/mol. The number of aliphatic hydroxyl groups is 1. The summed E-state index contributed by atoms with van der Waals surface area (Å²) >= 11 is 0. The van der Waals surface area contributed by atoms with Gasteiger partial charge in [-0.2, -0.15) is 0 Å². The standard InChI is InChI=1S/C40H77N2O6P/c1-3-5-7-9-11-13-15-17-18-19-20-21-22-24-26-28-30-32-34-40(44)42-38(37-48-49(45,46)47-36-35-41)39(43)33-31-29-27-25-23-16-14-12-10-8-6-4-2/h18-19,23,25,31,33,38-39,43H,3-17,20-22,24,26-30,32,34-37,41H2,1-2H3,(H,42,44)(H,45,46)/b19-18-,25-23+,33-31+. The van der Waals surface area contributed by atoms with Crippen LogP contribution in [0, 0.1) is 0 Å². The van der Waals surface area contributed by atoms with Crippen LogP contribution in [-0.2, 0) is 18.4 Å². The molecule has 0 saturated heterocycles. The fourth-order valence-electron chi connectivity index (χ4n) is 5.61. The Morgan fingerprint density at radius 3 is 1.57 bits per heavy atom. The van der Waals surface area contributed by atoms with Gasteiger partial charge in [-0.3, -0.25) is 13.8 Å². The van der Waals surface area contributed by atoms with Crippen LogP contribution in [0.5, 0.6) is 0 Å². The van der Waals surface area contributed by atoms with E-state index in [9.17, 15) is 19.4 Å². The van der Waals surface area contributed by atoms with Gasteiger partial charge >= 0.3 is 7.82 Å². The third kappa shape index (κ3) is 34.9. The number of nitrogens with one attached hydrogen (secondary N) is 1. The first kappa shape index (κ1) is 47.7. The highest BCUT2D eigenvalue weighted by molar-refractivity contribution is 7.47. The maximum atomic E-state index is 12.7. The Balaban J connectivity index is 4.28. The number of nitrogens with two attached hydrogens (primary N) is 1. The summed E-state index contributed by atoms with van der Waals surface area (Å²) in [5.41, 5.74) is 5.35. The van der Waals surface area contributed by atoms with Crippen LogP contribution in [0.2, 0.25) is 0 Å². The molecule has 1 amide bonds. The highest BCUT2D eigenvalue weighted by atomic mass is 31.2. The Morgan fingerprint density at radius 2 is 1.08 bits per heavy atom. The molecule has 0 spiro atoms. The van der Waals surface area contributed by atoms with Crippen LogP contribution in [0.4, 0.5) is 0 Å². The van der Waals surface area contributed by atoms with Gasteiger partial charge in [-0.1, -0.05) is 153 Å². The summed E-state index contributed by atoms with van der Waals surface area (Å²) in [7, 11) is -4.34. The maximum absolute atomic E-state index is 12.7. The molecule has 0 aromatic rings. The molecular formula is C40H77N2O6P. The minimum absolute atomic E-state index is 0.0730. The number of rotatable bonds is 37. The molecule has 0 radical (unpaired) electrons. The maximum Gasteiger partial charge on any atom is 0.472 e. The Kier molecular flexibility index (Phi) is 35.6. The van der Waals surface area contributed by atoms with Crippen LogP contribution >= 0.6 is 7.82 Å². The van der Waals surface area contributed by atoms with Gasteiger partial charge in [0.05, 0.1) is 25.4 Å². The van der Waals surface area contributed by atoms with Gasteiger partial charge in [-0.05, 0) is 57.8 Å².